The number of rotatable bonds is 13. The first-order chi connectivity index (χ1) is 9.29. The highest BCUT2D eigenvalue weighted by molar-refractivity contribution is 4.85. The Morgan fingerprint density at radius 1 is 1.16 bits per heavy atom. The van der Waals surface area contributed by atoms with E-state index in [1.807, 2.05) is 0 Å². The molecule has 3 nitrogen and oxygen atoms in total. The average Bonchev–Trinajstić information content (AvgIpc) is 3.25. The summed E-state index contributed by atoms with van der Waals surface area (Å²) < 4.78 is 5.24. The molecule has 1 saturated carbocycles. The van der Waals surface area contributed by atoms with Gasteiger partial charge in [-0.3, -0.25) is 4.90 Å². The number of nitrogens with one attached hydrogen (secondary N) is 1. The van der Waals surface area contributed by atoms with Gasteiger partial charge in [-0.05, 0) is 58.2 Å². The Morgan fingerprint density at radius 2 is 1.89 bits per heavy atom. The van der Waals surface area contributed by atoms with Crippen LogP contribution >= 0.6 is 0 Å². The normalized spacial score (nSPS) is 17.1. The Morgan fingerprint density at radius 3 is 2.53 bits per heavy atom. The van der Waals surface area contributed by atoms with Gasteiger partial charge in [-0.15, -0.1) is 0 Å². The van der Waals surface area contributed by atoms with E-state index >= 15 is 0 Å². The van der Waals surface area contributed by atoms with Crippen LogP contribution in [0.2, 0.25) is 0 Å². The van der Waals surface area contributed by atoms with Crippen molar-refractivity contribution in [3.8, 4) is 0 Å². The number of hydrogen-bond donors (Lipinski definition) is 1. The van der Waals surface area contributed by atoms with Crippen LogP contribution in [-0.2, 0) is 4.74 Å². The van der Waals surface area contributed by atoms with E-state index in [1.165, 1.54) is 51.6 Å². The van der Waals surface area contributed by atoms with Gasteiger partial charge >= 0.3 is 0 Å². The highest BCUT2D eigenvalue weighted by Crippen LogP contribution is 2.35. The number of methoxy groups -OCH3 is 1. The minimum absolute atomic E-state index is 0.761. The molecule has 3 heteroatoms. The smallest absolute Gasteiger partial charge is 0.0589 e. The van der Waals surface area contributed by atoms with Crippen molar-refractivity contribution >= 4 is 0 Å². The summed E-state index contributed by atoms with van der Waals surface area (Å²) in [7, 11) is 1.81. The van der Waals surface area contributed by atoms with Crippen LogP contribution in [0.5, 0.6) is 0 Å². The number of hydrogen-bond acceptors (Lipinski definition) is 3. The lowest BCUT2D eigenvalue weighted by Crippen LogP contribution is -2.37. The molecule has 0 radical (unpaired) electrons. The third-order valence-electron chi connectivity index (χ3n) is 4.26. The Labute approximate surface area is 120 Å². The molecule has 0 bridgehead atoms. The first-order valence-electron chi connectivity index (χ1n) is 8.23. The Kier molecular flexibility index (Phi) is 9.48. The van der Waals surface area contributed by atoms with Crippen LogP contribution in [0.25, 0.3) is 0 Å². The largest absolute Gasteiger partial charge is 0.383 e. The molecule has 1 aliphatic carbocycles. The predicted molar refractivity (Wildman–Crippen MR) is 82.6 cm³/mol. The van der Waals surface area contributed by atoms with Gasteiger partial charge in [0.25, 0.3) is 0 Å². The van der Waals surface area contributed by atoms with Gasteiger partial charge in [-0.1, -0.05) is 19.8 Å². The molecule has 1 unspecified atom stereocenters. The van der Waals surface area contributed by atoms with Gasteiger partial charge in [0.15, 0.2) is 0 Å². The molecule has 1 N–H and O–H groups in total. The molecule has 0 heterocycles. The summed E-state index contributed by atoms with van der Waals surface area (Å²) in [6, 6.07) is 0.761. The Bertz CT molecular complexity index is 207. The van der Waals surface area contributed by atoms with E-state index < -0.39 is 0 Å². The van der Waals surface area contributed by atoms with Crippen molar-refractivity contribution in [2.45, 2.75) is 58.4 Å². The Hall–Kier alpha value is -0.120. The van der Waals surface area contributed by atoms with Gasteiger partial charge in [0.1, 0.15) is 0 Å². The first-order valence-corrected chi connectivity index (χ1v) is 8.23. The minimum Gasteiger partial charge on any atom is -0.383 e. The van der Waals surface area contributed by atoms with Crippen LogP contribution in [0.3, 0.4) is 0 Å². The summed E-state index contributed by atoms with van der Waals surface area (Å²) in [5.74, 6) is 0.964. The molecule has 1 atom stereocenters. The van der Waals surface area contributed by atoms with Crippen LogP contribution in [0.15, 0.2) is 0 Å². The highest BCUT2D eigenvalue weighted by Gasteiger charge is 2.31. The molecular weight excluding hydrogens is 236 g/mol. The maximum absolute atomic E-state index is 5.24. The standard InChI is InChI=1S/C16H34N2O/c1-4-17-11-7-5-6-8-12-18(13-14-19-3)15(2)16-9-10-16/h15-17H,4-14H2,1-3H3. The lowest BCUT2D eigenvalue weighted by Gasteiger charge is -2.29. The number of nitrogens with zero attached hydrogens (tertiary/aromatic N) is 1. The second-order valence-corrected chi connectivity index (χ2v) is 5.87. The molecular formula is C16H34N2O. The molecule has 1 rings (SSSR count). The summed E-state index contributed by atoms with van der Waals surface area (Å²) in [6.07, 6.45) is 8.27. The summed E-state index contributed by atoms with van der Waals surface area (Å²) >= 11 is 0. The third-order valence-corrected chi connectivity index (χ3v) is 4.26. The van der Waals surface area contributed by atoms with Crippen molar-refractivity contribution in [3.05, 3.63) is 0 Å². The molecule has 1 fully saturated rings. The fourth-order valence-electron chi connectivity index (χ4n) is 2.70. The molecule has 0 aliphatic heterocycles. The van der Waals surface area contributed by atoms with Crippen molar-refractivity contribution < 1.29 is 4.74 Å². The number of ether oxygens (including phenoxy) is 1. The summed E-state index contributed by atoms with van der Waals surface area (Å²) in [5, 5.41) is 3.39. The Balaban J connectivity index is 2.06. The van der Waals surface area contributed by atoms with Crippen LogP contribution < -0.4 is 5.32 Å². The SMILES string of the molecule is CCNCCCCCCN(CCOC)C(C)C1CC1. The fraction of sp³-hybridized carbons (Fsp3) is 1.00. The molecule has 0 spiro atoms. The summed E-state index contributed by atoms with van der Waals surface area (Å²) in [4.78, 5) is 2.64. The van der Waals surface area contributed by atoms with Crippen molar-refractivity contribution in [2.75, 3.05) is 39.9 Å². The monoisotopic (exact) mass is 270 g/mol. The lowest BCUT2D eigenvalue weighted by molar-refractivity contribution is 0.115. The third kappa shape index (κ3) is 7.91. The van der Waals surface area contributed by atoms with Gasteiger partial charge in [0.05, 0.1) is 6.61 Å². The molecule has 0 aromatic carbocycles. The van der Waals surface area contributed by atoms with E-state index in [0.29, 0.717) is 0 Å². The van der Waals surface area contributed by atoms with Gasteiger partial charge in [-0.25, -0.2) is 0 Å². The van der Waals surface area contributed by atoms with Crippen molar-refractivity contribution in [1.82, 2.24) is 10.2 Å². The average molecular weight is 270 g/mol. The molecule has 1 aliphatic rings. The highest BCUT2D eigenvalue weighted by atomic mass is 16.5. The molecule has 19 heavy (non-hydrogen) atoms. The van der Waals surface area contributed by atoms with E-state index in [1.54, 1.807) is 7.11 Å². The zero-order valence-electron chi connectivity index (χ0n) is 13.3. The van der Waals surface area contributed by atoms with E-state index in [0.717, 1.165) is 31.7 Å². The molecule has 0 saturated heterocycles. The molecule has 0 aromatic rings. The van der Waals surface area contributed by atoms with E-state index in [9.17, 15) is 0 Å². The van der Waals surface area contributed by atoms with Crippen LogP contribution in [0, 0.1) is 5.92 Å². The summed E-state index contributed by atoms with van der Waals surface area (Å²) in [5.41, 5.74) is 0. The minimum atomic E-state index is 0.761. The predicted octanol–water partition coefficient (Wildman–Crippen LogP) is 2.90. The second-order valence-electron chi connectivity index (χ2n) is 5.87. The van der Waals surface area contributed by atoms with Gasteiger partial charge in [0.2, 0.25) is 0 Å². The van der Waals surface area contributed by atoms with Crippen LogP contribution in [-0.4, -0.2) is 50.8 Å². The molecule has 0 aromatic heterocycles. The maximum Gasteiger partial charge on any atom is 0.0589 e. The lowest BCUT2D eigenvalue weighted by atomic mass is 10.1. The van der Waals surface area contributed by atoms with Crippen molar-refractivity contribution in [2.24, 2.45) is 5.92 Å². The zero-order valence-corrected chi connectivity index (χ0v) is 13.3. The summed E-state index contributed by atoms with van der Waals surface area (Å²) in [6.45, 7) is 10.1. The molecule has 114 valence electrons. The van der Waals surface area contributed by atoms with E-state index in [2.05, 4.69) is 24.1 Å². The fourth-order valence-corrected chi connectivity index (χ4v) is 2.70. The van der Waals surface area contributed by atoms with Crippen molar-refractivity contribution in [3.63, 3.8) is 0 Å². The van der Waals surface area contributed by atoms with E-state index in [-0.39, 0.29) is 0 Å². The van der Waals surface area contributed by atoms with Gasteiger partial charge < -0.3 is 10.1 Å². The maximum atomic E-state index is 5.24. The van der Waals surface area contributed by atoms with Gasteiger partial charge in [0, 0.05) is 19.7 Å². The first kappa shape index (κ1) is 16.9. The topological polar surface area (TPSA) is 24.5 Å². The van der Waals surface area contributed by atoms with Crippen LogP contribution in [0.4, 0.5) is 0 Å². The second kappa shape index (κ2) is 10.6. The van der Waals surface area contributed by atoms with Gasteiger partial charge in [-0.2, -0.15) is 0 Å². The number of unbranched alkanes of at least 4 members (excludes halogenated alkanes) is 3. The van der Waals surface area contributed by atoms with E-state index in [4.69, 9.17) is 4.74 Å². The zero-order chi connectivity index (χ0) is 13.9. The van der Waals surface area contributed by atoms with Crippen molar-refractivity contribution in [1.29, 1.82) is 0 Å². The van der Waals surface area contributed by atoms with Crippen LogP contribution in [0.1, 0.15) is 52.4 Å². The quantitative estimate of drug-likeness (QED) is 0.521. The molecule has 0 amide bonds.